The number of nitrogens with one attached hydrogen (secondary N) is 1. The van der Waals surface area contributed by atoms with Crippen LogP contribution in [0.3, 0.4) is 0 Å². The van der Waals surface area contributed by atoms with Crippen LogP contribution in [0.1, 0.15) is 24.0 Å². The highest BCUT2D eigenvalue weighted by molar-refractivity contribution is 7.92. The molecule has 1 fully saturated rings. The monoisotopic (exact) mass is 436 g/mol. The average Bonchev–Trinajstić information content (AvgIpc) is 3.21. The van der Waals surface area contributed by atoms with Crippen LogP contribution in [0.25, 0.3) is 0 Å². The van der Waals surface area contributed by atoms with Crippen LogP contribution in [-0.2, 0) is 19.6 Å². The molecule has 1 atom stereocenters. The molecule has 1 aliphatic heterocycles. The van der Waals surface area contributed by atoms with E-state index in [-0.39, 0.29) is 23.5 Å². The molecule has 3 rings (SSSR count). The first-order valence-electron chi connectivity index (χ1n) is 9.51. The van der Waals surface area contributed by atoms with Crippen molar-refractivity contribution in [3.63, 3.8) is 0 Å². The van der Waals surface area contributed by atoms with Crippen LogP contribution < -0.4 is 9.62 Å². The Balaban J connectivity index is 1.87. The summed E-state index contributed by atoms with van der Waals surface area (Å²) in [5.41, 5.74) is 2.43. The zero-order valence-electron chi connectivity index (χ0n) is 16.5. The van der Waals surface area contributed by atoms with Crippen molar-refractivity contribution < 1.29 is 17.9 Å². The van der Waals surface area contributed by atoms with E-state index in [1.165, 1.54) is 24.3 Å². The molecule has 1 heterocycles. The van der Waals surface area contributed by atoms with Gasteiger partial charge < -0.3 is 10.1 Å². The highest BCUT2D eigenvalue weighted by Crippen LogP contribution is 2.26. The number of sulfonamides is 1. The molecule has 1 unspecified atom stereocenters. The van der Waals surface area contributed by atoms with Crippen molar-refractivity contribution in [2.24, 2.45) is 0 Å². The molecule has 0 aromatic heterocycles. The molecule has 2 aromatic rings. The van der Waals surface area contributed by atoms with E-state index in [9.17, 15) is 13.2 Å². The van der Waals surface area contributed by atoms with Gasteiger partial charge >= 0.3 is 0 Å². The Hall–Kier alpha value is -2.09. The van der Waals surface area contributed by atoms with E-state index in [1.807, 2.05) is 19.9 Å². The van der Waals surface area contributed by atoms with Gasteiger partial charge in [0, 0.05) is 18.2 Å². The van der Waals surface area contributed by atoms with Gasteiger partial charge in [-0.3, -0.25) is 9.10 Å². The quantitative estimate of drug-likeness (QED) is 0.721. The van der Waals surface area contributed by atoms with Gasteiger partial charge in [-0.2, -0.15) is 0 Å². The fourth-order valence-corrected chi connectivity index (χ4v) is 4.69. The van der Waals surface area contributed by atoms with Crippen molar-refractivity contribution in [1.82, 2.24) is 5.32 Å². The third-order valence-electron chi connectivity index (χ3n) is 5.02. The second kappa shape index (κ2) is 9.15. The van der Waals surface area contributed by atoms with Gasteiger partial charge in [-0.15, -0.1) is 0 Å². The zero-order chi connectivity index (χ0) is 21.0. The summed E-state index contributed by atoms with van der Waals surface area (Å²) in [6.45, 7) is 4.61. The minimum atomic E-state index is -3.95. The number of benzene rings is 2. The summed E-state index contributed by atoms with van der Waals surface area (Å²) >= 11 is 5.90. The Labute approximate surface area is 176 Å². The second-order valence-electron chi connectivity index (χ2n) is 7.17. The Morgan fingerprint density at radius 3 is 2.52 bits per heavy atom. The number of ether oxygens (including phenoxy) is 1. The van der Waals surface area contributed by atoms with Gasteiger partial charge in [0.2, 0.25) is 5.91 Å². The van der Waals surface area contributed by atoms with Crippen molar-refractivity contribution in [1.29, 1.82) is 0 Å². The molecule has 156 valence electrons. The molecule has 1 aliphatic rings. The highest BCUT2D eigenvalue weighted by atomic mass is 35.5. The van der Waals surface area contributed by atoms with Crippen LogP contribution >= 0.6 is 11.6 Å². The largest absolute Gasteiger partial charge is 0.376 e. The van der Waals surface area contributed by atoms with E-state index in [0.29, 0.717) is 23.9 Å². The molecular weight excluding hydrogens is 412 g/mol. The second-order valence-corrected chi connectivity index (χ2v) is 9.47. The molecule has 8 heteroatoms. The maximum atomic E-state index is 13.3. The van der Waals surface area contributed by atoms with Crippen LogP contribution in [0.15, 0.2) is 47.4 Å². The van der Waals surface area contributed by atoms with Gasteiger partial charge in [0.1, 0.15) is 6.54 Å². The molecule has 1 N–H and O–H groups in total. The molecule has 1 saturated heterocycles. The minimum Gasteiger partial charge on any atom is -0.376 e. The molecule has 0 radical (unpaired) electrons. The molecule has 0 bridgehead atoms. The molecule has 0 saturated carbocycles. The maximum absolute atomic E-state index is 13.3. The van der Waals surface area contributed by atoms with Gasteiger partial charge in [-0.1, -0.05) is 17.7 Å². The third-order valence-corrected chi connectivity index (χ3v) is 7.06. The number of aryl methyl sites for hydroxylation is 2. The van der Waals surface area contributed by atoms with Gasteiger partial charge in [0.15, 0.2) is 0 Å². The first-order chi connectivity index (χ1) is 13.8. The lowest BCUT2D eigenvalue weighted by atomic mass is 10.1. The van der Waals surface area contributed by atoms with E-state index < -0.39 is 10.0 Å². The number of anilines is 1. The number of hydrogen-bond acceptors (Lipinski definition) is 4. The number of carbonyl (C=O) groups excluding carboxylic acids is 1. The predicted molar refractivity (Wildman–Crippen MR) is 114 cm³/mol. The number of amides is 1. The minimum absolute atomic E-state index is 0.0121. The fraction of sp³-hybridized carbons (Fsp3) is 0.381. The molecular formula is C21H25ClN2O4S. The molecule has 1 amide bonds. The van der Waals surface area contributed by atoms with E-state index in [4.69, 9.17) is 16.3 Å². The predicted octanol–water partition coefficient (Wildman–Crippen LogP) is 3.45. The Morgan fingerprint density at radius 2 is 1.90 bits per heavy atom. The molecule has 0 aliphatic carbocycles. The highest BCUT2D eigenvalue weighted by Gasteiger charge is 2.28. The van der Waals surface area contributed by atoms with Crippen molar-refractivity contribution in [3.05, 3.63) is 58.6 Å². The fourth-order valence-electron chi connectivity index (χ4n) is 3.15. The Kier molecular flexibility index (Phi) is 6.82. The van der Waals surface area contributed by atoms with Gasteiger partial charge in [0.25, 0.3) is 10.0 Å². The van der Waals surface area contributed by atoms with Crippen LogP contribution in [0, 0.1) is 13.8 Å². The summed E-state index contributed by atoms with van der Waals surface area (Å²) in [6.07, 6.45) is 1.85. The van der Waals surface area contributed by atoms with Crippen molar-refractivity contribution in [2.75, 3.05) is 24.0 Å². The van der Waals surface area contributed by atoms with Crippen molar-refractivity contribution in [3.8, 4) is 0 Å². The van der Waals surface area contributed by atoms with Gasteiger partial charge in [-0.05, 0) is 74.2 Å². The summed E-state index contributed by atoms with van der Waals surface area (Å²) in [5.74, 6) is -0.378. The number of nitrogens with zero attached hydrogens (tertiary/aromatic N) is 1. The van der Waals surface area contributed by atoms with E-state index >= 15 is 0 Å². The van der Waals surface area contributed by atoms with Crippen LogP contribution in [0.2, 0.25) is 5.02 Å². The lowest BCUT2D eigenvalue weighted by Gasteiger charge is -2.25. The summed E-state index contributed by atoms with van der Waals surface area (Å²) in [4.78, 5) is 12.6. The first kappa shape index (κ1) is 21.6. The Bertz CT molecular complexity index is 971. The molecule has 2 aromatic carbocycles. The molecule has 6 nitrogen and oxygen atoms in total. The maximum Gasteiger partial charge on any atom is 0.264 e. The number of rotatable bonds is 7. The summed E-state index contributed by atoms with van der Waals surface area (Å²) in [6, 6.07) is 11.2. The lowest BCUT2D eigenvalue weighted by Crippen LogP contribution is -2.42. The van der Waals surface area contributed by atoms with Crippen molar-refractivity contribution in [2.45, 2.75) is 37.7 Å². The van der Waals surface area contributed by atoms with Crippen LogP contribution in [0.5, 0.6) is 0 Å². The smallest absolute Gasteiger partial charge is 0.264 e. The van der Waals surface area contributed by atoms with Crippen LogP contribution in [-0.4, -0.2) is 40.1 Å². The molecule has 29 heavy (non-hydrogen) atoms. The molecule has 0 spiro atoms. The summed E-state index contributed by atoms with van der Waals surface area (Å²) in [7, 11) is -3.95. The SMILES string of the molecule is Cc1ccc(N(CC(=O)NCC2CCCO2)S(=O)(=O)c2ccc(Cl)cc2)cc1C. The number of halogens is 1. The van der Waals surface area contributed by atoms with E-state index in [2.05, 4.69) is 5.32 Å². The summed E-state index contributed by atoms with van der Waals surface area (Å²) in [5, 5.41) is 3.23. The van der Waals surface area contributed by atoms with Gasteiger partial charge in [-0.25, -0.2) is 8.42 Å². The Morgan fingerprint density at radius 1 is 1.17 bits per heavy atom. The number of hydrogen-bond donors (Lipinski definition) is 1. The van der Waals surface area contributed by atoms with Crippen molar-refractivity contribution >= 4 is 33.2 Å². The average molecular weight is 437 g/mol. The van der Waals surface area contributed by atoms with E-state index in [0.717, 1.165) is 28.3 Å². The van der Waals surface area contributed by atoms with Crippen LogP contribution in [0.4, 0.5) is 5.69 Å². The van der Waals surface area contributed by atoms with E-state index in [1.54, 1.807) is 12.1 Å². The lowest BCUT2D eigenvalue weighted by molar-refractivity contribution is -0.120. The first-order valence-corrected chi connectivity index (χ1v) is 11.3. The third kappa shape index (κ3) is 5.29. The normalized spacial score (nSPS) is 16.6. The van der Waals surface area contributed by atoms with Gasteiger partial charge in [0.05, 0.1) is 16.7 Å². The zero-order valence-corrected chi connectivity index (χ0v) is 18.1. The topological polar surface area (TPSA) is 75.7 Å². The summed E-state index contributed by atoms with van der Waals surface area (Å²) < 4.78 is 33.3. The number of carbonyl (C=O) groups is 1. The standard InChI is InChI=1S/C21H25ClN2O4S/c1-15-5-8-18(12-16(15)2)24(14-21(25)23-13-19-4-3-11-28-19)29(26,27)20-9-6-17(22)7-10-20/h5-10,12,19H,3-4,11,13-14H2,1-2H3,(H,23,25).